The number of benzene rings is 1. The molecule has 1 aliphatic rings. The molecule has 1 aromatic rings. The molecule has 86 valence electrons. The van der Waals surface area contributed by atoms with Gasteiger partial charge in [0.25, 0.3) is 0 Å². The highest BCUT2D eigenvalue weighted by molar-refractivity contribution is 5.89. The van der Waals surface area contributed by atoms with Gasteiger partial charge in [-0.3, -0.25) is 10.1 Å². The Hall–Kier alpha value is -1.35. The van der Waals surface area contributed by atoms with Gasteiger partial charge in [0, 0.05) is 0 Å². The zero-order chi connectivity index (χ0) is 11.8. The maximum absolute atomic E-state index is 11.9. The molecule has 3 nitrogen and oxygen atoms in total. The standard InChI is InChI=1S/C13H18N2O/c1-12(2)14-11(16)13(3,15-12)9-10-7-5-4-6-8-10/h4-8,15H,9H2,1-3H3,(H,14,16)/t13-/m0/s1. The number of amides is 1. The van der Waals surface area contributed by atoms with Crippen LogP contribution in [0.3, 0.4) is 0 Å². The van der Waals surface area contributed by atoms with E-state index in [1.165, 1.54) is 5.56 Å². The second kappa shape index (κ2) is 3.59. The Kier molecular flexibility index (Phi) is 2.50. The van der Waals surface area contributed by atoms with Crippen LogP contribution in [0.5, 0.6) is 0 Å². The molecule has 1 atom stereocenters. The van der Waals surface area contributed by atoms with Crippen LogP contribution < -0.4 is 10.6 Å². The molecule has 0 saturated carbocycles. The largest absolute Gasteiger partial charge is 0.337 e. The van der Waals surface area contributed by atoms with E-state index in [4.69, 9.17) is 0 Å². The Labute approximate surface area is 96.2 Å². The van der Waals surface area contributed by atoms with E-state index < -0.39 is 5.54 Å². The predicted octanol–water partition coefficient (Wildman–Crippen LogP) is 1.44. The molecule has 3 heteroatoms. The summed E-state index contributed by atoms with van der Waals surface area (Å²) in [5.74, 6) is 0.0707. The molecule has 0 aromatic heterocycles. The molecule has 1 saturated heterocycles. The van der Waals surface area contributed by atoms with Crippen molar-refractivity contribution in [1.82, 2.24) is 10.6 Å². The van der Waals surface area contributed by atoms with E-state index in [9.17, 15) is 4.79 Å². The Balaban J connectivity index is 2.19. The molecular formula is C13H18N2O. The van der Waals surface area contributed by atoms with Crippen LogP contribution in [0.25, 0.3) is 0 Å². The minimum atomic E-state index is -0.509. The highest BCUT2D eigenvalue weighted by Gasteiger charge is 2.45. The summed E-state index contributed by atoms with van der Waals surface area (Å²) in [6.45, 7) is 5.90. The lowest BCUT2D eigenvalue weighted by Gasteiger charge is -2.25. The third-order valence-corrected chi connectivity index (χ3v) is 2.92. The van der Waals surface area contributed by atoms with E-state index in [-0.39, 0.29) is 11.6 Å². The first-order valence-electron chi connectivity index (χ1n) is 5.57. The van der Waals surface area contributed by atoms with Gasteiger partial charge in [0.15, 0.2) is 0 Å². The molecule has 2 N–H and O–H groups in total. The van der Waals surface area contributed by atoms with Crippen molar-refractivity contribution in [2.75, 3.05) is 0 Å². The zero-order valence-corrected chi connectivity index (χ0v) is 10.0. The molecule has 0 bridgehead atoms. The van der Waals surface area contributed by atoms with Gasteiger partial charge in [0.1, 0.15) is 5.54 Å². The lowest BCUT2D eigenvalue weighted by molar-refractivity contribution is -0.123. The Morgan fingerprint density at radius 2 is 1.75 bits per heavy atom. The molecule has 1 heterocycles. The van der Waals surface area contributed by atoms with E-state index in [2.05, 4.69) is 10.6 Å². The van der Waals surface area contributed by atoms with Crippen molar-refractivity contribution in [3.8, 4) is 0 Å². The molecule has 1 aliphatic heterocycles. The maximum Gasteiger partial charge on any atom is 0.241 e. The number of hydrogen-bond donors (Lipinski definition) is 2. The van der Waals surface area contributed by atoms with Crippen molar-refractivity contribution in [3.05, 3.63) is 35.9 Å². The van der Waals surface area contributed by atoms with Crippen LogP contribution in [0.1, 0.15) is 26.3 Å². The van der Waals surface area contributed by atoms with Crippen LogP contribution in [0.4, 0.5) is 0 Å². The lowest BCUT2D eigenvalue weighted by Crippen LogP contribution is -2.49. The van der Waals surface area contributed by atoms with Gasteiger partial charge in [-0.1, -0.05) is 30.3 Å². The summed E-state index contributed by atoms with van der Waals surface area (Å²) in [4.78, 5) is 11.9. The number of carbonyl (C=O) groups is 1. The van der Waals surface area contributed by atoms with Crippen LogP contribution in [-0.2, 0) is 11.2 Å². The number of rotatable bonds is 2. The fraction of sp³-hybridized carbons (Fsp3) is 0.462. The second-order valence-electron chi connectivity index (χ2n) is 5.20. The quantitative estimate of drug-likeness (QED) is 0.788. The van der Waals surface area contributed by atoms with Crippen LogP contribution in [-0.4, -0.2) is 17.1 Å². The molecule has 1 fully saturated rings. The van der Waals surface area contributed by atoms with Gasteiger partial charge < -0.3 is 5.32 Å². The molecule has 1 amide bonds. The van der Waals surface area contributed by atoms with Crippen molar-refractivity contribution in [3.63, 3.8) is 0 Å². The number of hydrogen-bond acceptors (Lipinski definition) is 2. The van der Waals surface area contributed by atoms with Crippen LogP contribution in [0.2, 0.25) is 0 Å². The summed E-state index contributed by atoms with van der Waals surface area (Å²) >= 11 is 0. The average Bonchev–Trinajstić information content (AvgIpc) is 2.36. The molecule has 0 aliphatic carbocycles. The topological polar surface area (TPSA) is 41.1 Å². The van der Waals surface area contributed by atoms with Gasteiger partial charge in [-0.05, 0) is 32.8 Å². The monoisotopic (exact) mass is 218 g/mol. The predicted molar refractivity (Wildman–Crippen MR) is 63.9 cm³/mol. The first-order valence-corrected chi connectivity index (χ1v) is 5.57. The van der Waals surface area contributed by atoms with E-state index in [0.717, 1.165) is 0 Å². The van der Waals surface area contributed by atoms with Gasteiger partial charge in [0.2, 0.25) is 5.91 Å². The molecule has 0 unspecified atom stereocenters. The van der Waals surface area contributed by atoms with Crippen molar-refractivity contribution in [2.24, 2.45) is 0 Å². The minimum Gasteiger partial charge on any atom is -0.337 e. The van der Waals surface area contributed by atoms with Crippen molar-refractivity contribution in [1.29, 1.82) is 0 Å². The Bertz CT molecular complexity index is 400. The first-order chi connectivity index (χ1) is 7.41. The average molecular weight is 218 g/mol. The Morgan fingerprint density at radius 3 is 2.25 bits per heavy atom. The molecule has 0 spiro atoms. The SMILES string of the molecule is CC1(C)NC(=O)[C@](C)(Cc2ccccc2)N1. The van der Waals surface area contributed by atoms with Gasteiger partial charge >= 0.3 is 0 Å². The van der Waals surface area contributed by atoms with E-state index in [1.807, 2.05) is 51.1 Å². The summed E-state index contributed by atoms with van der Waals surface area (Å²) in [7, 11) is 0. The van der Waals surface area contributed by atoms with Crippen molar-refractivity contribution < 1.29 is 4.79 Å². The second-order valence-corrected chi connectivity index (χ2v) is 5.20. The summed E-state index contributed by atoms with van der Waals surface area (Å²) in [6.07, 6.45) is 0.711. The highest BCUT2D eigenvalue weighted by atomic mass is 16.2. The smallest absolute Gasteiger partial charge is 0.241 e. The normalized spacial score (nSPS) is 27.8. The summed E-state index contributed by atoms with van der Waals surface area (Å²) in [6, 6.07) is 10.1. The third kappa shape index (κ3) is 2.09. The molecule has 1 aromatic carbocycles. The van der Waals surface area contributed by atoms with Crippen LogP contribution in [0, 0.1) is 0 Å². The van der Waals surface area contributed by atoms with Crippen molar-refractivity contribution >= 4 is 5.91 Å². The molecule has 16 heavy (non-hydrogen) atoms. The van der Waals surface area contributed by atoms with Crippen LogP contribution in [0.15, 0.2) is 30.3 Å². The maximum atomic E-state index is 11.9. The molecule has 0 radical (unpaired) electrons. The van der Waals surface area contributed by atoms with E-state index in [0.29, 0.717) is 6.42 Å². The zero-order valence-electron chi connectivity index (χ0n) is 10.0. The van der Waals surface area contributed by atoms with E-state index >= 15 is 0 Å². The lowest BCUT2D eigenvalue weighted by atomic mass is 9.93. The fourth-order valence-corrected chi connectivity index (χ4v) is 2.33. The Morgan fingerprint density at radius 1 is 1.12 bits per heavy atom. The first kappa shape index (κ1) is 11.1. The summed E-state index contributed by atoms with van der Waals surface area (Å²) in [5, 5.41) is 6.30. The minimum absolute atomic E-state index is 0.0707. The molecular weight excluding hydrogens is 200 g/mol. The fourth-order valence-electron chi connectivity index (χ4n) is 2.33. The van der Waals surface area contributed by atoms with Gasteiger partial charge in [0.05, 0.1) is 5.66 Å². The van der Waals surface area contributed by atoms with Crippen molar-refractivity contribution in [2.45, 2.75) is 38.4 Å². The van der Waals surface area contributed by atoms with Gasteiger partial charge in [-0.25, -0.2) is 0 Å². The van der Waals surface area contributed by atoms with Crippen LogP contribution >= 0.6 is 0 Å². The van der Waals surface area contributed by atoms with E-state index in [1.54, 1.807) is 0 Å². The third-order valence-electron chi connectivity index (χ3n) is 2.92. The van der Waals surface area contributed by atoms with Gasteiger partial charge in [-0.15, -0.1) is 0 Å². The number of nitrogens with one attached hydrogen (secondary N) is 2. The highest BCUT2D eigenvalue weighted by Crippen LogP contribution is 2.22. The van der Waals surface area contributed by atoms with Gasteiger partial charge in [-0.2, -0.15) is 0 Å². The number of carbonyl (C=O) groups excluding carboxylic acids is 1. The summed E-state index contributed by atoms with van der Waals surface area (Å²) in [5.41, 5.74) is 0.344. The molecule has 2 rings (SSSR count). The summed E-state index contributed by atoms with van der Waals surface area (Å²) < 4.78 is 0.